The first kappa shape index (κ1) is 7.51. The summed E-state index contributed by atoms with van der Waals surface area (Å²) in [6, 6.07) is 0. The summed E-state index contributed by atoms with van der Waals surface area (Å²) in [6.45, 7) is 0. The van der Waals surface area contributed by atoms with E-state index in [0.717, 1.165) is 0 Å². The van der Waals surface area contributed by atoms with Crippen molar-refractivity contribution in [3.8, 4) is 0 Å². The molecule has 0 bridgehead atoms. The van der Waals surface area contributed by atoms with Crippen molar-refractivity contribution in [2.24, 2.45) is 9.02 Å². The van der Waals surface area contributed by atoms with E-state index in [1.807, 2.05) is 12.2 Å². The lowest BCUT2D eigenvalue weighted by atomic mass is 10.1. The van der Waals surface area contributed by atoms with Crippen molar-refractivity contribution >= 4 is 35.0 Å². The van der Waals surface area contributed by atoms with Crippen LogP contribution in [0.15, 0.2) is 33.3 Å². The van der Waals surface area contributed by atoms with Gasteiger partial charge in [-0.3, -0.25) is 0 Å². The lowest BCUT2D eigenvalue weighted by Crippen LogP contribution is -2.08. The fraction of sp³-hybridized carbons (Fsp3) is 0. The average molecular weight is 175 g/mol. The van der Waals surface area contributed by atoms with Gasteiger partial charge in [-0.25, -0.2) is 0 Å². The zero-order valence-electron chi connectivity index (χ0n) is 4.96. The molecule has 0 unspecified atom stereocenters. The quantitative estimate of drug-likeness (QED) is 0.504. The van der Waals surface area contributed by atoms with E-state index in [4.69, 9.17) is 23.6 Å². The van der Waals surface area contributed by atoms with Gasteiger partial charge >= 0.3 is 0 Å². The highest BCUT2D eigenvalue weighted by molar-refractivity contribution is 6.55. The molecule has 1 rings (SSSR count). The Labute approximate surface area is 68.8 Å². The molecule has 0 amide bonds. The minimum Gasteiger partial charge on any atom is -0.176 e. The van der Waals surface area contributed by atoms with E-state index < -0.39 is 0 Å². The second kappa shape index (κ2) is 3.54. The van der Waals surface area contributed by atoms with Crippen molar-refractivity contribution in [2.45, 2.75) is 0 Å². The third kappa shape index (κ3) is 1.46. The van der Waals surface area contributed by atoms with Gasteiger partial charge in [-0.15, -0.1) is 0 Å². The highest BCUT2D eigenvalue weighted by Crippen LogP contribution is 2.00. The van der Waals surface area contributed by atoms with Crippen LogP contribution in [0.4, 0.5) is 0 Å². The normalized spacial score (nSPS) is 24.6. The zero-order valence-corrected chi connectivity index (χ0v) is 6.47. The molecule has 0 atom stereocenters. The van der Waals surface area contributed by atoms with Gasteiger partial charge < -0.3 is 0 Å². The van der Waals surface area contributed by atoms with Crippen molar-refractivity contribution < 1.29 is 0 Å². The fourth-order valence-electron chi connectivity index (χ4n) is 0.607. The maximum atomic E-state index is 5.22. The van der Waals surface area contributed by atoms with Crippen LogP contribution in [0.1, 0.15) is 0 Å². The number of nitrogens with zero attached hydrogens (tertiary/aromatic N) is 2. The van der Waals surface area contributed by atoms with Gasteiger partial charge in [0.05, 0.1) is 0 Å². The Bertz CT molecular complexity index is 212. The standard InChI is InChI=1S/C6H4Cl2N2/c7-9-5-3-1-2-4-6(5)10-8/h1-4H/b9-5-,10-6-. The van der Waals surface area contributed by atoms with E-state index in [9.17, 15) is 0 Å². The second-order valence-corrected chi connectivity index (χ2v) is 2.00. The van der Waals surface area contributed by atoms with E-state index in [2.05, 4.69) is 9.02 Å². The number of rotatable bonds is 0. The molecule has 0 aromatic carbocycles. The topological polar surface area (TPSA) is 24.7 Å². The Morgan fingerprint density at radius 3 is 1.60 bits per heavy atom. The highest BCUT2D eigenvalue weighted by Gasteiger charge is 2.03. The summed E-state index contributed by atoms with van der Waals surface area (Å²) in [5.74, 6) is 0. The van der Waals surface area contributed by atoms with Crippen LogP contribution in [0.2, 0.25) is 0 Å². The van der Waals surface area contributed by atoms with Gasteiger partial charge in [-0.1, -0.05) is 12.2 Å². The Morgan fingerprint density at radius 1 is 0.900 bits per heavy atom. The summed E-state index contributed by atoms with van der Waals surface area (Å²) in [4.78, 5) is 0. The lowest BCUT2D eigenvalue weighted by molar-refractivity contribution is 1.79. The van der Waals surface area contributed by atoms with Crippen LogP contribution >= 0.6 is 23.6 Å². The van der Waals surface area contributed by atoms with Crippen molar-refractivity contribution in [2.75, 3.05) is 0 Å². The molecule has 2 nitrogen and oxygen atoms in total. The molecular weight excluding hydrogens is 171 g/mol. The van der Waals surface area contributed by atoms with Crippen molar-refractivity contribution in [3.63, 3.8) is 0 Å². The van der Waals surface area contributed by atoms with E-state index in [0.29, 0.717) is 11.4 Å². The Kier molecular flexibility index (Phi) is 2.66. The maximum absolute atomic E-state index is 5.22. The van der Waals surface area contributed by atoms with Crippen LogP contribution < -0.4 is 0 Å². The van der Waals surface area contributed by atoms with Gasteiger partial charge in [-0.05, 0) is 12.2 Å². The van der Waals surface area contributed by atoms with Gasteiger partial charge in [0.25, 0.3) is 0 Å². The summed E-state index contributed by atoms with van der Waals surface area (Å²) in [5.41, 5.74) is 1.17. The zero-order chi connectivity index (χ0) is 7.40. The van der Waals surface area contributed by atoms with Gasteiger partial charge in [0, 0.05) is 23.6 Å². The van der Waals surface area contributed by atoms with Crippen LogP contribution in [-0.4, -0.2) is 11.4 Å². The summed E-state index contributed by atoms with van der Waals surface area (Å²) >= 11 is 10.4. The Balaban J connectivity index is 2.96. The predicted molar refractivity (Wildman–Crippen MR) is 44.9 cm³/mol. The minimum atomic E-state index is 0.583. The predicted octanol–water partition coefficient (Wildman–Crippen LogP) is 2.30. The molecule has 0 aromatic rings. The second-order valence-electron chi connectivity index (χ2n) is 1.66. The average Bonchev–Trinajstić information content (AvgIpc) is 2.04. The molecular formula is C6H4Cl2N2. The van der Waals surface area contributed by atoms with Gasteiger partial charge in [-0.2, -0.15) is 9.02 Å². The Morgan fingerprint density at radius 2 is 1.30 bits per heavy atom. The summed E-state index contributed by atoms with van der Waals surface area (Å²) in [5, 5.41) is 0. The number of hydrogen-bond acceptors (Lipinski definition) is 2. The molecule has 1 aliphatic carbocycles. The molecule has 0 saturated heterocycles. The van der Waals surface area contributed by atoms with E-state index >= 15 is 0 Å². The molecule has 0 spiro atoms. The van der Waals surface area contributed by atoms with E-state index in [1.165, 1.54) is 0 Å². The molecule has 10 heavy (non-hydrogen) atoms. The number of halogens is 2. The fourth-order valence-corrected chi connectivity index (χ4v) is 0.893. The van der Waals surface area contributed by atoms with E-state index in [-0.39, 0.29) is 0 Å². The Hall–Kier alpha value is -0.600. The molecule has 4 heteroatoms. The molecule has 0 radical (unpaired) electrons. The van der Waals surface area contributed by atoms with Crippen molar-refractivity contribution in [1.29, 1.82) is 0 Å². The molecule has 0 heterocycles. The third-order valence-corrected chi connectivity index (χ3v) is 1.43. The molecule has 0 saturated carbocycles. The van der Waals surface area contributed by atoms with Crippen LogP contribution in [-0.2, 0) is 0 Å². The third-order valence-electron chi connectivity index (χ3n) is 1.06. The van der Waals surface area contributed by atoms with Crippen LogP contribution in [0.3, 0.4) is 0 Å². The summed E-state index contributed by atoms with van der Waals surface area (Å²) in [7, 11) is 0. The smallest absolute Gasteiger partial charge is 0.104 e. The molecule has 52 valence electrons. The van der Waals surface area contributed by atoms with Crippen molar-refractivity contribution in [3.05, 3.63) is 24.3 Å². The molecule has 0 N–H and O–H groups in total. The first-order valence-corrected chi connectivity index (χ1v) is 3.29. The SMILES string of the molecule is Cl/N=C1/C=CC=C/C1=N/Cl. The van der Waals surface area contributed by atoms with Crippen LogP contribution in [0, 0.1) is 0 Å². The van der Waals surface area contributed by atoms with E-state index in [1.54, 1.807) is 12.2 Å². The van der Waals surface area contributed by atoms with Crippen molar-refractivity contribution in [1.82, 2.24) is 0 Å². The first-order valence-electron chi connectivity index (χ1n) is 2.61. The molecule has 1 aliphatic rings. The van der Waals surface area contributed by atoms with Gasteiger partial charge in [0.1, 0.15) is 11.4 Å². The number of hydrogen-bond donors (Lipinski definition) is 0. The largest absolute Gasteiger partial charge is 0.176 e. The monoisotopic (exact) mass is 174 g/mol. The summed E-state index contributed by atoms with van der Waals surface area (Å²) in [6.07, 6.45) is 7.09. The lowest BCUT2D eigenvalue weighted by Gasteiger charge is -1.98. The first-order chi connectivity index (χ1) is 4.88. The summed E-state index contributed by atoms with van der Waals surface area (Å²) < 4.78 is 6.87. The van der Waals surface area contributed by atoms with Gasteiger partial charge in [0.2, 0.25) is 0 Å². The molecule has 0 fully saturated rings. The molecule has 0 aromatic heterocycles. The van der Waals surface area contributed by atoms with Crippen LogP contribution in [0.25, 0.3) is 0 Å². The number of allylic oxidation sites excluding steroid dienone is 4. The minimum absolute atomic E-state index is 0.583. The molecule has 0 aliphatic heterocycles. The highest BCUT2D eigenvalue weighted by atomic mass is 35.5. The maximum Gasteiger partial charge on any atom is 0.104 e. The van der Waals surface area contributed by atoms with Crippen LogP contribution in [0.5, 0.6) is 0 Å². The van der Waals surface area contributed by atoms with Gasteiger partial charge in [0.15, 0.2) is 0 Å².